The highest BCUT2D eigenvalue weighted by Gasteiger charge is 2.49. The number of nitrogens with two attached hydrogens (primary N) is 1. The molecule has 1 atom stereocenters. The average Bonchev–Trinajstić information content (AvgIpc) is 3.08. The van der Waals surface area contributed by atoms with Crippen LogP contribution in [0.15, 0.2) is 71.7 Å². The van der Waals surface area contributed by atoms with Crippen LogP contribution in [-0.4, -0.2) is 28.7 Å². The third-order valence-corrected chi connectivity index (χ3v) is 6.68. The second-order valence-corrected chi connectivity index (χ2v) is 8.62. The SMILES string of the molecule is CN1C(=O)C(c2cccc(-c3cccc([N+](=O)[O-])c3)c2)(c2ccc3c(c2)CCCC3)N=C1N. The topological polar surface area (TPSA) is 102 Å². The van der Waals surface area contributed by atoms with Gasteiger partial charge in [-0.1, -0.05) is 48.5 Å². The van der Waals surface area contributed by atoms with Gasteiger partial charge < -0.3 is 5.73 Å². The van der Waals surface area contributed by atoms with E-state index in [1.165, 1.54) is 34.6 Å². The quantitative estimate of drug-likeness (QED) is 0.486. The minimum atomic E-state index is -1.29. The molecule has 0 aromatic heterocycles. The Morgan fingerprint density at radius 2 is 1.61 bits per heavy atom. The first-order chi connectivity index (χ1) is 15.9. The fourth-order valence-electron chi connectivity index (χ4n) is 4.87. The summed E-state index contributed by atoms with van der Waals surface area (Å²) in [6.45, 7) is 0. The van der Waals surface area contributed by atoms with Gasteiger partial charge in [0.2, 0.25) is 0 Å². The molecule has 2 N–H and O–H groups in total. The van der Waals surface area contributed by atoms with E-state index in [-0.39, 0.29) is 17.6 Å². The molecule has 3 aromatic carbocycles. The zero-order valence-corrected chi connectivity index (χ0v) is 18.3. The number of amides is 1. The van der Waals surface area contributed by atoms with Crippen LogP contribution in [0.2, 0.25) is 0 Å². The normalized spacial score (nSPS) is 19.8. The summed E-state index contributed by atoms with van der Waals surface area (Å²) < 4.78 is 0. The first-order valence-corrected chi connectivity index (χ1v) is 11.0. The summed E-state index contributed by atoms with van der Waals surface area (Å²) in [5, 5.41) is 11.3. The number of hydrogen-bond acceptors (Lipinski definition) is 5. The lowest BCUT2D eigenvalue weighted by Gasteiger charge is -2.28. The monoisotopic (exact) mass is 440 g/mol. The maximum Gasteiger partial charge on any atom is 0.270 e. The summed E-state index contributed by atoms with van der Waals surface area (Å²) in [5.74, 6) is -0.0505. The Hall–Kier alpha value is -4.00. The van der Waals surface area contributed by atoms with E-state index in [1.807, 2.05) is 36.4 Å². The van der Waals surface area contributed by atoms with Gasteiger partial charge in [-0.25, -0.2) is 4.99 Å². The molecule has 0 saturated heterocycles. The van der Waals surface area contributed by atoms with Gasteiger partial charge in [-0.15, -0.1) is 0 Å². The van der Waals surface area contributed by atoms with E-state index in [9.17, 15) is 14.9 Å². The summed E-state index contributed by atoms with van der Waals surface area (Å²) in [7, 11) is 1.63. The van der Waals surface area contributed by atoms with Crippen LogP contribution in [0.4, 0.5) is 5.69 Å². The van der Waals surface area contributed by atoms with Gasteiger partial charge >= 0.3 is 0 Å². The molecule has 33 heavy (non-hydrogen) atoms. The van der Waals surface area contributed by atoms with Crippen LogP contribution >= 0.6 is 0 Å². The Labute approximate surface area is 191 Å². The molecule has 0 bridgehead atoms. The van der Waals surface area contributed by atoms with Gasteiger partial charge in [0.05, 0.1) is 4.92 Å². The Balaban J connectivity index is 1.68. The lowest BCUT2D eigenvalue weighted by molar-refractivity contribution is -0.384. The highest BCUT2D eigenvalue weighted by Crippen LogP contribution is 2.42. The lowest BCUT2D eigenvalue weighted by atomic mass is 9.79. The zero-order valence-electron chi connectivity index (χ0n) is 18.3. The predicted octanol–water partition coefficient (Wildman–Crippen LogP) is 4.17. The fourth-order valence-corrected chi connectivity index (χ4v) is 4.87. The molecule has 7 nitrogen and oxygen atoms in total. The molecule has 166 valence electrons. The number of aliphatic imine (C=N–C) groups is 1. The van der Waals surface area contributed by atoms with Crippen molar-refractivity contribution in [1.29, 1.82) is 0 Å². The van der Waals surface area contributed by atoms with Crippen molar-refractivity contribution in [3.05, 3.63) is 99.1 Å². The molecule has 5 rings (SSSR count). The Kier molecular flexibility index (Phi) is 4.96. The highest BCUT2D eigenvalue weighted by atomic mass is 16.6. The summed E-state index contributed by atoms with van der Waals surface area (Å²) in [6, 6.07) is 20.1. The van der Waals surface area contributed by atoms with Gasteiger partial charge in [-0.2, -0.15) is 0 Å². The number of benzene rings is 3. The van der Waals surface area contributed by atoms with E-state index in [4.69, 9.17) is 10.7 Å². The summed E-state index contributed by atoms with van der Waals surface area (Å²) >= 11 is 0. The molecule has 0 fully saturated rings. The molecule has 3 aromatic rings. The third kappa shape index (κ3) is 3.36. The van der Waals surface area contributed by atoms with Gasteiger partial charge in [0, 0.05) is 19.2 Å². The van der Waals surface area contributed by atoms with Crippen molar-refractivity contribution in [3.63, 3.8) is 0 Å². The molecule has 1 unspecified atom stereocenters. The minimum Gasteiger partial charge on any atom is -0.369 e. The first kappa shape index (κ1) is 20.9. The van der Waals surface area contributed by atoms with Crippen LogP contribution in [0, 0.1) is 10.1 Å². The number of rotatable bonds is 4. The predicted molar refractivity (Wildman–Crippen MR) is 127 cm³/mol. The Bertz CT molecular complexity index is 1320. The van der Waals surface area contributed by atoms with Crippen molar-refractivity contribution >= 4 is 17.6 Å². The highest BCUT2D eigenvalue weighted by molar-refractivity contribution is 6.09. The molecule has 1 aliphatic heterocycles. The van der Waals surface area contributed by atoms with Crippen molar-refractivity contribution < 1.29 is 9.72 Å². The molecule has 1 aliphatic carbocycles. The maximum absolute atomic E-state index is 13.6. The molecule has 0 spiro atoms. The first-order valence-electron chi connectivity index (χ1n) is 11.0. The molecule has 0 radical (unpaired) electrons. The number of nitro groups is 1. The van der Waals surface area contributed by atoms with Crippen LogP contribution in [0.3, 0.4) is 0 Å². The molecule has 2 aliphatic rings. The van der Waals surface area contributed by atoms with Crippen molar-refractivity contribution in [2.45, 2.75) is 31.2 Å². The van der Waals surface area contributed by atoms with Crippen molar-refractivity contribution in [1.82, 2.24) is 4.90 Å². The Morgan fingerprint density at radius 3 is 2.30 bits per heavy atom. The average molecular weight is 441 g/mol. The Morgan fingerprint density at radius 1 is 0.939 bits per heavy atom. The van der Waals surface area contributed by atoms with Gasteiger partial charge in [0.15, 0.2) is 11.5 Å². The number of fused-ring (bicyclic) bond motifs is 1. The van der Waals surface area contributed by atoms with Crippen molar-refractivity contribution in [2.24, 2.45) is 10.7 Å². The number of carbonyl (C=O) groups excluding carboxylic acids is 1. The van der Waals surface area contributed by atoms with Crippen LogP contribution < -0.4 is 5.73 Å². The van der Waals surface area contributed by atoms with E-state index in [2.05, 4.69) is 12.1 Å². The number of nitro benzene ring substituents is 1. The fraction of sp³-hybridized carbons (Fsp3) is 0.231. The number of carbonyl (C=O) groups is 1. The summed E-state index contributed by atoms with van der Waals surface area (Å²) in [6.07, 6.45) is 4.33. The van der Waals surface area contributed by atoms with Gasteiger partial charge in [-0.05, 0) is 65.1 Å². The second-order valence-electron chi connectivity index (χ2n) is 8.62. The minimum absolute atomic E-state index is 0.0150. The summed E-state index contributed by atoms with van der Waals surface area (Å²) in [4.78, 5) is 30.6. The van der Waals surface area contributed by atoms with E-state index in [1.54, 1.807) is 13.1 Å². The number of guanidine groups is 1. The van der Waals surface area contributed by atoms with E-state index in [0.717, 1.165) is 30.4 Å². The molecule has 0 saturated carbocycles. The number of hydrogen-bond donors (Lipinski definition) is 1. The maximum atomic E-state index is 13.6. The van der Waals surface area contributed by atoms with E-state index >= 15 is 0 Å². The molecule has 1 amide bonds. The molecular weight excluding hydrogens is 416 g/mol. The standard InChI is InChI=1S/C26H24N4O3/c1-29-24(31)26(28-25(29)27,22-13-12-17-6-2-3-7-18(17)14-22)21-10-4-8-19(15-21)20-9-5-11-23(16-20)30(32)33/h4-5,8-16H,2-3,6-7H2,1H3,(H2,27,28). The number of nitrogens with zero attached hydrogens (tertiary/aromatic N) is 3. The smallest absolute Gasteiger partial charge is 0.270 e. The van der Waals surface area contributed by atoms with Crippen LogP contribution in [0.25, 0.3) is 11.1 Å². The van der Waals surface area contributed by atoms with Gasteiger partial charge in [0.1, 0.15) is 0 Å². The van der Waals surface area contributed by atoms with Gasteiger partial charge in [-0.3, -0.25) is 19.8 Å². The number of non-ortho nitro benzene ring substituents is 1. The lowest BCUT2D eigenvalue weighted by Crippen LogP contribution is -2.41. The van der Waals surface area contributed by atoms with Crippen LogP contribution in [-0.2, 0) is 23.2 Å². The summed E-state index contributed by atoms with van der Waals surface area (Å²) in [5.41, 5.74) is 10.4. The van der Waals surface area contributed by atoms with Crippen LogP contribution in [0.1, 0.15) is 35.1 Å². The van der Waals surface area contributed by atoms with Crippen LogP contribution in [0.5, 0.6) is 0 Å². The van der Waals surface area contributed by atoms with Crippen molar-refractivity contribution in [2.75, 3.05) is 7.05 Å². The van der Waals surface area contributed by atoms with Crippen molar-refractivity contribution in [3.8, 4) is 11.1 Å². The third-order valence-electron chi connectivity index (χ3n) is 6.68. The second kappa shape index (κ2) is 7.85. The van der Waals surface area contributed by atoms with Gasteiger partial charge in [0.25, 0.3) is 11.6 Å². The number of aryl methyl sites for hydroxylation is 2. The van der Waals surface area contributed by atoms with E-state index in [0.29, 0.717) is 11.1 Å². The zero-order chi connectivity index (χ0) is 23.2. The molecule has 7 heteroatoms. The largest absolute Gasteiger partial charge is 0.369 e. The molecule has 1 heterocycles. The van der Waals surface area contributed by atoms with E-state index < -0.39 is 10.5 Å². The number of likely N-dealkylation sites (N-methyl/N-ethyl adjacent to an activating group) is 1. The molecular formula is C26H24N4O3.